The highest BCUT2D eigenvalue weighted by atomic mass is 19.2. The quantitative estimate of drug-likeness (QED) is 0.780. The molecule has 0 aromatic heterocycles. The highest BCUT2D eigenvalue weighted by Gasteiger charge is 2.42. The van der Waals surface area contributed by atoms with Gasteiger partial charge in [-0.2, -0.15) is 0 Å². The van der Waals surface area contributed by atoms with Crippen molar-refractivity contribution in [2.45, 2.75) is 38.2 Å². The molecule has 2 rings (SSSR count). The zero-order valence-electron chi connectivity index (χ0n) is 11.2. The molecule has 0 heterocycles. The zero-order chi connectivity index (χ0) is 14.0. The Bertz CT molecular complexity index is 477. The minimum Gasteiger partial charge on any atom is -0.370 e. The van der Waals surface area contributed by atoms with Crippen molar-refractivity contribution in [1.82, 2.24) is 0 Å². The summed E-state index contributed by atoms with van der Waals surface area (Å²) >= 11 is 0. The fourth-order valence-corrected chi connectivity index (χ4v) is 2.68. The van der Waals surface area contributed by atoms with E-state index in [-0.39, 0.29) is 5.56 Å². The molecule has 0 saturated heterocycles. The van der Waals surface area contributed by atoms with Crippen LogP contribution in [0.25, 0.3) is 0 Å². The lowest BCUT2D eigenvalue weighted by Crippen LogP contribution is -2.44. The smallest absolute Gasteiger partial charge is 0.197 e. The maximum absolute atomic E-state index is 13.7. The van der Waals surface area contributed by atoms with Gasteiger partial charge in [-0.05, 0) is 43.7 Å². The van der Waals surface area contributed by atoms with Crippen LogP contribution in [0.1, 0.15) is 43.0 Å². The van der Waals surface area contributed by atoms with Crippen LogP contribution in [-0.2, 0) is 4.74 Å². The van der Waals surface area contributed by atoms with Gasteiger partial charge in [-0.1, -0.05) is 13.0 Å². The van der Waals surface area contributed by atoms with Gasteiger partial charge in [0.25, 0.3) is 0 Å². The number of methoxy groups -OCH3 is 1. The van der Waals surface area contributed by atoms with Gasteiger partial charge in [0.15, 0.2) is 17.4 Å². The van der Waals surface area contributed by atoms with Crippen LogP contribution in [-0.4, -0.2) is 18.5 Å². The Hall–Kier alpha value is -1.29. The first-order valence-electron chi connectivity index (χ1n) is 6.54. The molecule has 0 amide bonds. The van der Waals surface area contributed by atoms with E-state index >= 15 is 0 Å². The number of rotatable bonds is 3. The molecule has 1 saturated carbocycles. The molecule has 2 nitrogen and oxygen atoms in total. The maximum Gasteiger partial charge on any atom is 0.197 e. The Morgan fingerprint density at radius 2 is 1.95 bits per heavy atom. The van der Waals surface area contributed by atoms with Crippen LogP contribution < -0.4 is 0 Å². The molecule has 0 bridgehead atoms. The third-order valence-electron chi connectivity index (χ3n) is 4.08. The van der Waals surface area contributed by atoms with Crippen LogP contribution in [0, 0.1) is 17.6 Å². The fourth-order valence-electron chi connectivity index (χ4n) is 2.68. The van der Waals surface area contributed by atoms with Crippen molar-refractivity contribution in [3.05, 3.63) is 35.4 Å². The molecule has 0 spiro atoms. The van der Waals surface area contributed by atoms with Crippen molar-refractivity contribution >= 4 is 5.78 Å². The molecular weight excluding hydrogens is 250 g/mol. The zero-order valence-corrected chi connectivity index (χ0v) is 11.2. The second-order valence-electron chi connectivity index (χ2n) is 5.31. The molecule has 0 atom stereocenters. The van der Waals surface area contributed by atoms with E-state index in [2.05, 4.69) is 6.92 Å². The lowest BCUT2D eigenvalue weighted by atomic mass is 9.75. The molecule has 1 fully saturated rings. The molecule has 0 radical (unpaired) electrons. The third kappa shape index (κ3) is 2.54. The number of Topliss-reactive ketones (excluding diaryl/α,β-unsaturated/α-hetero) is 1. The Kier molecular flexibility index (Phi) is 3.99. The number of hydrogen-bond donors (Lipinski definition) is 0. The summed E-state index contributed by atoms with van der Waals surface area (Å²) in [5.74, 6) is -1.99. The molecule has 1 aliphatic carbocycles. The van der Waals surface area contributed by atoms with Crippen molar-refractivity contribution in [3.63, 3.8) is 0 Å². The number of halogens is 2. The summed E-state index contributed by atoms with van der Waals surface area (Å²) in [6, 6.07) is 3.68. The molecule has 0 aliphatic heterocycles. The molecule has 104 valence electrons. The van der Waals surface area contributed by atoms with Crippen molar-refractivity contribution in [3.8, 4) is 0 Å². The van der Waals surface area contributed by atoms with Crippen molar-refractivity contribution in [1.29, 1.82) is 0 Å². The Balaban J connectivity index is 2.33. The normalized spacial score (nSPS) is 27.3. The second kappa shape index (κ2) is 5.37. The van der Waals surface area contributed by atoms with E-state index in [1.165, 1.54) is 19.2 Å². The van der Waals surface area contributed by atoms with E-state index < -0.39 is 23.0 Å². The van der Waals surface area contributed by atoms with E-state index in [0.717, 1.165) is 18.9 Å². The number of carbonyl (C=O) groups excluding carboxylic acids is 1. The monoisotopic (exact) mass is 268 g/mol. The SMILES string of the molecule is COC1(C(=O)c2cccc(F)c2F)CCC(C)CC1. The molecule has 0 N–H and O–H groups in total. The van der Waals surface area contributed by atoms with Gasteiger partial charge < -0.3 is 4.74 Å². The number of benzene rings is 1. The van der Waals surface area contributed by atoms with E-state index in [1.54, 1.807) is 0 Å². The lowest BCUT2D eigenvalue weighted by Gasteiger charge is -2.37. The van der Waals surface area contributed by atoms with Gasteiger partial charge in [0.05, 0.1) is 5.56 Å². The minimum absolute atomic E-state index is 0.212. The molecule has 19 heavy (non-hydrogen) atoms. The third-order valence-corrected chi connectivity index (χ3v) is 4.08. The molecule has 4 heteroatoms. The fraction of sp³-hybridized carbons (Fsp3) is 0.533. The summed E-state index contributed by atoms with van der Waals surface area (Å²) < 4.78 is 32.4. The first-order valence-corrected chi connectivity index (χ1v) is 6.54. The molecule has 0 unspecified atom stereocenters. The number of carbonyl (C=O) groups is 1. The Labute approximate surface area is 111 Å². The van der Waals surface area contributed by atoms with Crippen LogP contribution in [0.5, 0.6) is 0 Å². The van der Waals surface area contributed by atoms with Crippen LogP contribution in [0.3, 0.4) is 0 Å². The van der Waals surface area contributed by atoms with E-state index in [9.17, 15) is 13.6 Å². The lowest BCUT2D eigenvalue weighted by molar-refractivity contribution is -0.0266. The van der Waals surface area contributed by atoms with Gasteiger partial charge in [0, 0.05) is 7.11 Å². The Morgan fingerprint density at radius 3 is 2.53 bits per heavy atom. The summed E-state index contributed by atoms with van der Waals surface area (Å²) in [6.07, 6.45) is 2.83. The van der Waals surface area contributed by atoms with Crippen molar-refractivity contribution in [2.75, 3.05) is 7.11 Å². The highest BCUT2D eigenvalue weighted by Crippen LogP contribution is 2.37. The molecule has 1 aliphatic rings. The van der Waals surface area contributed by atoms with Crippen LogP contribution in [0.2, 0.25) is 0 Å². The average molecular weight is 268 g/mol. The van der Waals surface area contributed by atoms with Gasteiger partial charge in [0.1, 0.15) is 5.60 Å². The van der Waals surface area contributed by atoms with Crippen LogP contribution in [0.15, 0.2) is 18.2 Å². The number of ether oxygens (including phenoxy) is 1. The summed E-state index contributed by atoms with van der Waals surface area (Å²) in [5, 5.41) is 0. The summed E-state index contributed by atoms with van der Waals surface area (Å²) in [5.41, 5.74) is -1.21. The molecule has 1 aromatic rings. The molecule has 1 aromatic carbocycles. The topological polar surface area (TPSA) is 26.3 Å². The first kappa shape index (κ1) is 14.1. The van der Waals surface area contributed by atoms with Crippen molar-refractivity contribution < 1.29 is 18.3 Å². The minimum atomic E-state index is -1.08. The summed E-state index contributed by atoms with van der Waals surface area (Å²) in [7, 11) is 1.46. The first-order chi connectivity index (χ1) is 9.00. The van der Waals surface area contributed by atoms with E-state index in [1.807, 2.05) is 0 Å². The number of hydrogen-bond acceptors (Lipinski definition) is 2. The van der Waals surface area contributed by atoms with E-state index in [0.29, 0.717) is 18.8 Å². The second-order valence-corrected chi connectivity index (χ2v) is 5.31. The van der Waals surface area contributed by atoms with E-state index in [4.69, 9.17) is 4.74 Å². The van der Waals surface area contributed by atoms with Gasteiger partial charge in [-0.3, -0.25) is 4.79 Å². The highest BCUT2D eigenvalue weighted by molar-refractivity contribution is 6.02. The van der Waals surface area contributed by atoms with Gasteiger partial charge in [-0.25, -0.2) is 8.78 Å². The van der Waals surface area contributed by atoms with Gasteiger partial charge in [-0.15, -0.1) is 0 Å². The summed E-state index contributed by atoms with van der Waals surface area (Å²) in [6.45, 7) is 2.12. The predicted molar refractivity (Wildman–Crippen MR) is 68.1 cm³/mol. The Morgan fingerprint density at radius 1 is 1.32 bits per heavy atom. The summed E-state index contributed by atoms with van der Waals surface area (Å²) in [4.78, 5) is 12.5. The predicted octanol–water partition coefficient (Wildman–Crippen LogP) is 3.74. The number of ketones is 1. The van der Waals surface area contributed by atoms with Gasteiger partial charge >= 0.3 is 0 Å². The van der Waals surface area contributed by atoms with Crippen LogP contribution >= 0.6 is 0 Å². The maximum atomic E-state index is 13.7. The van der Waals surface area contributed by atoms with Crippen LogP contribution in [0.4, 0.5) is 8.78 Å². The molecular formula is C15H18F2O2. The van der Waals surface area contributed by atoms with Crippen molar-refractivity contribution in [2.24, 2.45) is 5.92 Å². The standard InChI is InChI=1S/C15H18F2O2/c1-10-6-8-15(19-2,9-7-10)14(18)11-4-3-5-12(16)13(11)17/h3-5,10H,6-9H2,1-2H3. The largest absolute Gasteiger partial charge is 0.370 e. The van der Waals surface area contributed by atoms with Gasteiger partial charge in [0.2, 0.25) is 0 Å². The average Bonchev–Trinajstić information content (AvgIpc) is 2.42.